The Morgan fingerprint density at radius 3 is 2.75 bits per heavy atom. The average molecular weight is 281 g/mol. The van der Waals surface area contributed by atoms with Crippen molar-refractivity contribution in [2.45, 2.75) is 31.7 Å². The van der Waals surface area contributed by atoms with E-state index >= 15 is 0 Å². The predicted octanol–water partition coefficient (Wildman–Crippen LogP) is 2.00. The van der Waals surface area contributed by atoms with Gasteiger partial charge in [0, 0.05) is 18.7 Å². The highest BCUT2D eigenvalue weighted by molar-refractivity contribution is 5.95. The Morgan fingerprint density at radius 1 is 1.35 bits per heavy atom. The van der Waals surface area contributed by atoms with Crippen LogP contribution in [0.1, 0.15) is 36.0 Å². The Bertz CT molecular complexity index is 532. The van der Waals surface area contributed by atoms with E-state index in [9.17, 15) is 14.0 Å². The number of likely N-dealkylation sites (tertiary alicyclic amines) is 1. The van der Waals surface area contributed by atoms with E-state index in [1.807, 2.05) is 0 Å². The number of phenolic OH excluding ortho intramolecular Hbond substituents is 1. The van der Waals surface area contributed by atoms with E-state index < -0.39 is 23.7 Å². The normalized spacial score (nSPS) is 18.9. The van der Waals surface area contributed by atoms with Crippen LogP contribution in [-0.4, -0.2) is 39.6 Å². The number of nitrogens with zero attached hydrogens (tertiary/aromatic N) is 1. The molecule has 2 rings (SSSR count). The van der Waals surface area contributed by atoms with E-state index in [-0.39, 0.29) is 17.7 Å². The van der Waals surface area contributed by atoms with Crippen LogP contribution in [0.2, 0.25) is 0 Å². The topological polar surface area (TPSA) is 77.8 Å². The van der Waals surface area contributed by atoms with Gasteiger partial charge in [-0.25, -0.2) is 4.39 Å². The molecule has 2 N–H and O–H groups in total. The molecule has 6 heteroatoms. The minimum absolute atomic E-state index is 0.133. The van der Waals surface area contributed by atoms with Crippen LogP contribution in [0.5, 0.6) is 5.75 Å². The number of aromatic hydroxyl groups is 1. The Kier molecular flexibility index (Phi) is 4.22. The third-order valence-corrected chi connectivity index (χ3v) is 3.48. The van der Waals surface area contributed by atoms with E-state index in [0.717, 1.165) is 18.9 Å². The van der Waals surface area contributed by atoms with Crippen LogP contribution in [0, 0.1) is 5.82 Å². The van der Waals surface area contributed by atoms with Gasteiger partial charge < -0.3 is 15.1 Å². The molecular formula is C14H16FNO4. The Hall–Kier alpha value is -2.11. The molecule has 0 aliphatic carbocycles. The lowest BCUT2D eigenvalue weighted by Gasteiger charge is -2.35. The van der Waals surface area contributed by atoms with E-state index in [1.165, 1.54) is 17.0 Å². The number of carbonyl (C=O) groups is 2. The highest BCUT2D eigenvalue weighted by atomic mass is 19.1. The van der Waals surface area contributed by atoms with Gasteiger partial charge in [-0.3, -0.25) is 9.59 Å². The molecule has 0 saturated carbocycles. The van der Waals surface area contributed by atoms with Crippen molar-refractivity contribution < 1.29 is 24.2 Å². The van der Waals surface area contributed by atoms with E-state index in [2.05, 4.69) is 0 Å². The SMILES string of the molecule is O=C(O)CC1CCCCN1C(=O)c1ccc(O)cc1F. The van der Waals surface area contributed by atoms with E-state index in [1.54, 1.807) is 0 Å². The Labute approximate surface area is 115 Å². The molecule has 1 heterocycles. The quantitative estimate of drug-likeness (QED) is 0.888. The minimum Gasteiger partial charge on any atom is -0.508 e. The van der Waals surface area contributed by atoms with Crippen molar-refractivity contribution in [3.63, 3.8) is 0 Å². The standard InChI is InChI=1S/C14H16FNO4/c15-12-8-10(17)4-5-11(12)14(20)16-6-2-1-3-9(16)7-13(18)19/h4-5,8-9,17H,1-3,6-7H2,(H,18,19). The molecule has 1 aromatic carbocycles. The largest absolute Gasteiger partial charge is 0.508 e. The van der Waals surface area contributed by atoms with Crippen LogP contribution in [0.15, 0.2) is 18.2 Å². The van der Waals surface area contributed by atoms with Gasteiger partial charge in [0.2, 0.25) is 0 Å². The van der Waals surface area contributed by atoms with Gasteiger partial charge in [0.25, 0.3) is 5.91 Å². The van der Waals surface area contributed by atoms with Crippen molar-refractivity contribution in [3.05, 3.63) is 29.6 Å². The number of hydrogen-bond acceptors (Lipinski definition) is 3. The monoisotopic (exact) mass is 281 g/mol. The van der Waals surface area contributed by atoms with Crippen LogP contribution < -0.4 is 0 Å². The van der Waals surface area contributed by atoms with Gasteiger partial charge in [-0.1, -0.05) is 0 Å². The zero-order valence-corrected chi connectivity index (χ0v) is 10.9. The molecule has 0 spiro atoms. The number of piperidine rings is 1. The first kappa shape index (κ1) is 14.3. The number of benzene rings is 1. The summed E-state index contributed by atoms with van der Waals surface area (Å²) in [6.07, 6.45) is 2.12. The third kappa shape index (κ3) is 3.07. The maximum atomic E-state index is 13.7. The number of carboxylic acids is 1. The Morgan fingerprint density at radius 2 is 2.10 bits per heavy atom. The first-order valence-electron chi connectivity index (χ1n) is 6.50. The van der Waals surface area contributed by atoms with Crippen molar-refractivity contribution in [1.29, 1.82) is 0 Å². The molecule has 5 nitrogen and oxygen atoms in total. The van der Waals surface area contributed by atoms with Gasteiger partial charge in [-0.2, -0.15) is 0 Å². The second-order valence-electron chi connectivity index (χ2n) is 4.91. The molecule has 20 heavy (non-hydrogen) atoms. The first-order valence-corrected chi connectivity index (χ1v) is 6.50. The maximum absolute atomic E-state index is 13.7. The zero-order valence-electron chi connectivity index (χ0n) is 10.9. The number of carboxylic acid groups (broad SMARTS) is 1. The molecule has 0 aromatic heterocycles. The molecule has 1 aromatic rings. The van der Waals surface area contributed by atoms with Gasteiger partial charge in [0.15, 0.2) is 0 Å². The summed E-state index contributed by atoms with van der Waals surface area (Å²) in [6.45, 7) is 0.428. The first-order chi connectivity index (χ1) is 9.49. The summed E-state index contributed by atoms with van der Waals surface area (Å²) in [5.74, 6) is -2.54. The smallest absolute Gasteiger partial charge is 0.305 e. The van der Waals surface area contributed by atoms with Crippen molar-refractivity contribution in [3.8, 4) is 5.75 Å². The zero-order chi connectivity index (χ0) is 14.7. The molecule has 1 saturated heterocycles. The number of aliphatic carboxylic acids is 1. The fourth-order valence-electron chi connectivity index (χ4n) is 2.51. The lowest BCUT2D eigenvalue weighted by Crippen LogP contribution is -2.45. The number of phenols is 1. The predicted molar refractivity (Wildman–Crippen MR) is 69.0 cm³/mol. The molecular weight excluding hydrogens is 265 g/mol. The lowest BCUT2D eigenvalue weighted by atomic mass is 9.98. The fraction of sp³-hybridized carbons (Fsp3) is 0.429. The fourth-order valence-corrected chi connectivity index (χ4v) is 2.51. The lowest BCUT2D eigenvalue weighted by molar-refractivity contribution is -0.138. The molecule has 1 aliphatic heterocycles. The maximum Gasteiger partial charge on any atom is 0.305 e. The molecule has 1 fully saturated rings. The van der Waals surface area contributed by atoms with Crippen LogP contribution in [0.3, 0.4) is 0 Å². The molecule has 1 aliphatic rings. The van der Waals surface area contributed by atoms with Gasteiger partial charge in [0.1, 0.15) is 11.6 Å². The highest BCUT2D eigenvalue weighted by Crippen LogP contribution is 2.24. The van der Waals surface area contributed by atoms with Crippen LogP contribution in [0.4, 0.5) is 4.39 Å². The number of rotatable bonds is 3. The van der Waals surface area contributed by atoms with Gasteiger partial charge in [0.05, 0.1) is 12.0 Å². The van der Waals surface area contributed by atoms with Gasteiger partial charge in [-0.05, 0) is 31.4 Å². The highest BCUT2D eigenvalue weighted by Gasteiger charge is 2.30. The molecule has 1 unspecified atom stereocenters. The third-order valence-electron chi connectivity index (χ3n) is 3.48. The summed E-state index contributed by atoms with van der Waals surface area (Å²) in [5.41, 5.74) is -0.139. The number of hydrogen-bond donors (Lipinski definition) is 2. The van der Waals surface area contributed by atoms with Crippen molar-refractivity contribution in [1.82, 2.24) is 4.90 Å². The van der Waals surface area contributed by atoms with Crippen LogP contribution in [0.25, 0.3) is 0 Å². The van der Waals surface area contributed by atoms with Crippen LogP contribution >= 0.6 is 0 Å². The van der Waals surface area contributed by atoms with Gasteiger partial charge >= 0.3 is 5.97 Å². The summed E-state index contributed by atoms with van der Waals surface area (Å²) >= 11 is 0. The van der Waals surface area contributed by atoms with Gasteiger partial charge in [-0.15, -0.1) is 0 Å². The summed E-state index contributed by atoms with van der Waals surface area (Å²) in [4.78, 5) is 24.6. The average Bonchev–Trinajstić information content (AvgIpc) is 2.38. The second kappa shape index (κ2) is 5.90. The number of halogens is 1. The van der Waals surface area contributed by atoms with E-state index in [4.69, 9.17) is 10.2 Å². The molecule has 0 radical (unpaired) electrons. The number of amides is 1. The van der Waals surface area contributed by atoms with Crippen LogP contribution in [-0.2, 0) is 4.79 Å². The van der Waals surface area contributed by atoms with Crippen molar-refractivity contribution in [2.75, 3.05) is 6.54 Å². The summed E-state index contributed by atoms with van der Waals surface area (Å²) in [5, 5.41) is 18.0. The van der Waals surface area contributed by atoms with Crippen molar-refractivity contribution >= 4 is 11.9 Å². The minimum atomic E-state index is -0.971. The van der Waals surface area contributed by atoms with Crippen molar-refractivity contribution in [2.24, 2.45) is 0 Å². The molecule has 1 atom stereocenters. The summed E-state index contributed by atoms with van der Waals surface area (Å²) in [6, 6.07) is 2.94. The molecule has 1 amide bonds. The summed E-state index contributed by atoms with van der Waals surface area (Å²) in [7, 11) is 0. The second-order valence-corrected chi connectivity index (χ2v) is 4.91. The Balaban J connectivity index is 2.22. The molecule has 0 bridgehead atoms. The molecule has 108 valence electrons. The summed E-state index contributed by atoms with van der Waals surface area (Å²) < 4.78 is 13.7. The number of carbonyl (C=O) groups excluding carboxylic acids is 1. The van der Waals surface area contributed by atoms with E-state index in [0.29, 0.717) is 13.0 Å².